The normalized spacial score (nSPS) is 24.2. The Morgan fingerprint density at radius 2 is 1.97 bits per heavy atom. The number of ether oxygens (including phenoxy) is 2. The zero-order valence-electron chi connectivity index (χ0n) is 21.1. The van der Waals surface area contributed by atoms with Crippen LogP contribution < -0.4 is 20.5 Å². The highest BCUT2D eigenvalue weighted by Crippen LogP contribution is 2.53. The Kier molecular flexibility index (Phi) is 6.84. The predicted molar refractivity (Wildman–Crippen MR) is 141 cm³/mol. The highest BCUT2D eigenvalue weighted by molar-refractivity contribution is 6.34. The molecule has 2 heterocycles. The third-order valence-corrected chi connectivity index (χ3v) is 7.67. The Balaban J connectivity index is 1.74. The fraction of sp³-hybridized carbons (Fsp3) is 0.345. The number of amides is 1. The van der Waals surface area contributed by atoms with Crippen molar-refractivity contribution in [2.24, 2.45) is 5.73 Å². The topological polar surface area (TPSA) is 93.8 Å². The van der Waals surface area contributed by atoms with Crippen molar-refractivity contribution in [1.82, 2.24) is 5.32 Å². The first kappa shape index (κ1) is 26.4. The Morgan fingerprint density at radius 1 is 1.24 bits per heavy atom. The molecule has 0 radical (unpaired) electrons. The van der Waals surface area contributed by atoms with Gasteiger partial charge >= 0.3 is 0 Å². The molecule has 0 aliphatic carbocycles. The zero-order chi connectivity index (χ0) is 27.2. The van der Waals surface area contributed by atoms with E-state index in [2.05, 4.69) is 5.32 Å². The number of β-amino-alcohol motifs (C(OH)–C–C–N with tert-alkyl or cyclic N) is 1. The smallest absolute Gasteiger partial charge is 0.249 e. The molecule has 6 nitrogen and oxygen atoms in total. The van der Waals surface area contributed by atoms with Crippen molar-refractivity contribution in [3.8, 4) is 22.6 Å². The third-order valence-electron chi connectivity index (χ3n) is 7.30. The first-order valence-corrected chi connectivity index (χ1v) is 12.9. The molecule has 1 fully saturated rings. The van der Waals surface area contributed by atoms with E-state index >= 15 is 8.78 Å². The minimum absolute atomic E-state index is 0.00233. The van der Waals surface area contributed by atoms with Crippen LogP contribution in [0.25, 0.3) is 11.1 Å². The van der Waals surface area contributed by atoms with Crippen molar-refractivity contribution in [2.75, 3.05) is 13.2 Å². The molecule has 1 saturated heterocycles. The highest BCUT2D eigenvalue weighted by Gasteiger charge is 2.53. The first-order valence-electron chi connectivity index (χ1n) is 12.5. The van der Waals surface area contributed by atoms with E-state index < -0.39 is 28.7 Å². The van der Waals surface area contributed by atoms with E-state index in [1.54, 1.807) is 6.92 Å². The second-order valence-electron chi connectivity index (χ2n) is 10.2. The molecule has 0 aromatic heterocycles. The van der Waals surface area contributed by atoms with Gasteiger partial charge in [-0.3, -0.25) is 4.79 Å². The molecule has 3 aromatic rings. The second kappa shape index (κ2) is 9.84. The maximum atomic E-state index is 16.0. The maximum absolute atomic E-state index is 16.0. The van der Waals surface area contributed by atoms with Gasteiger partial charge in [0.1, 0.15) is 11.6 Å². The average Bonchev–Trinajstić information content (AvgIpc) is 3.45. The van der Waals surface area contributed by atoms with Gasteiger partial charge in [0.15, 0.2) is 17.2 Å². The molecule has 3 unspecified atom stereocenters. The highest BCUT2D eigenvalue weighted by atomic mass is 35.5. The van der Waals surface area contributed by atoms with Crippen LogP contribution in [0.4, 0.5) is 8.78 Å². The van der Waals surface area contributed by atoms with Crippen molar-refractivity contribution >= 4 is 17.5 Å². The molecule has 5 rings (SSSR count). The fourth-order valence-corrected chi connectivity index (χ4v) is 5.79. The zero-order valence-corrected chi connectivity index (χ0v) is 21.9. The number of nitrogens with two attached hydrogens (primary N) is 1. The number of aliphatic hydroxyl groups is 1. The van der Waals surface area contributed by atoms with E-state index in [0.717, 1.165) is 5.56 Å². The molecule has 3 aromatic carbocycles. The molecule has 200 valence electrons. The number of carbonyl (C=O) groups is 1. The molecule has 0 saturated carbocycles. The number of hydrogen-bond donors (Lipinski definition) is 3. The minimum atomic E-state index is -1.06. The van der Waals surface area contributed by atoms with E-state index in [9.17, 15) is 9.90 Å². The Hall–Kier alpha value is -3.20. The summed E-state index contributed by atoms with van der Waals surface area (Å²) in [4.78, 5) is 12.4. The lowest BCUT2D eigenvalue weighted by Gasteiger charge is -2.36. The first-order chi connectivity index (χ1) is 18.1. The van der Waals surface area contributed by atoms with Gasteiger partial charge in [-0.1, -0.05) is 48.9 Å². The maximum Gasteiger partial charge on any atom is 0.249 e. The second-order valence-corrected chi connectivity index (χ2v) is 10.6. The summed E-state index contributed by atoms with van der Waals surface area (Å²) in [6.07, 6.45) is 1.17. The monoisotopic (exact) mass is 542 g/mol. The Bertz CT molecular complexity index is 1400. The number of fused-ring (bicyclic) bond motifs is 1. The molecular weight excluding hydrogens is 514 g/mol. The summed E-state index contributed by atoms with van der Waals surface area (Å²) in [6, 6.07) is 12.9. The molecular formula is C29H29ClF2N2O4. The molecule has 1 amide bonds. The van der Waals surface area contributed by atoms with E-state index in [4.69, 9.17) is 26.8 Å². The number of benzene rings is 3. The minimum Gasteiger partial charge on any atom is -0.491 e. The molecule has 38 heavy (non-hydrogen) atoms. The van der Waals surface area contributed by atoms with Gasteiger partial charge in [0.25, 0.3) is 0 Å². The quantitative estimate of drug-likeness (QED) is 0.385. The van der Waals surface area contributed by atoms with Crippen LogP contribution in [-0.4, -0.2) is 35.8 Å². The van der Waals surface area contributed by atoms with Gasteiger partial charge in [0.05, 0.1) is 28.8 Å². The number of hydrogen-bond acceptors (Lipinski definition) is 5. The summed E-state index contributed by atoms with van der Waals surface area (Å²) in [6.45, 7) is 4.20. The summed E-state index contributed by atoms with van der Waals surface area (Å²) in [5, 5.41) is 13.8. The Morgan fingerprint density at radius 3 is 2.61 bits per heavy atom. The number of halogens is 3. The Labute approximate surface area is 224 Å². The number of carbonyl (C=O) groups excluding carboxylic acids is 1. The van der Waals surface area contributed by atoms with Crippen molar-refractivity contribution in [3.63, 3.8) is 0 Å². The van der Waals surface area contributed by atoms with Gasteiger partial charge < -0.3 is 25.6 Å². The largest absolute Gasteiger partial charge is 0.491 e. The van der Waals surface area contributed by atoms with E-state index in [-0.39, 0.29) is 52.3 Å². The van der Waals surface area contributed by atoms with Crippen molar-refractivity contribution in [1.29, 1.82) is 0 Å². The van der Waals surface area contributed by atoms with Crippen molar-refractivity contribution in [3.05, 3.63) is 81.9 Å². The van der Waals surface area contributed by atoms with E-state index in [1.807, 2.05) is 37.3 Å². The van der Waals surface area contributed by atoms with Crippen LogP contribution in [0.5, 0.6) is 11.5 Å². The van der Waals surface area contributed by atoms with Gasteiger partial charge in [-0.05, 0) is 37.5 Å². The average molecular weight is 543 g/mol. The lowest BCUT2D eigenvalue weighted by Crippen LogP contribution is -2.49. The summed E-state index contributed by atoms with van der Waals surface area (Å²) >= 11 is 6.52. The van der Waals surface area contributed by atoms with Crippen LogP contribution in [0, 0.1) is 11.6 Å². The number of nitrogens with one attached hydrogen (secondary N) is 1. The van der Waals surface area contributed by atoms with Crippen molar-refractivity contribution in [2.45, 2.75) is 50.4 Å². The molecule has 2 aliphatic rings. The van der Waals surface area contributed by atoms with Gasteiger partial charge in [-0.25, -0.2) is 8.78 Å². The van der Waals surface area contributed by atoms with E-state index in [1.165, 1.54) is 18.2 Å². The van der Waals surface area contributed by atoms with Gasteiger partial charge in [0, 0.05) is 35.7 Å². The van der Waals surface area contributed by atoms with Crippen LogP contribution >= 0.6 is 11.6 Å². The van der Waals surface area contributed by atoms with Gasteiger partial charge in [-0.2, -0.15) is 0 Å². The lowest BCUT2D eigenvalue weighted by atomic mass is 9.79. The van der Waals surface area contributed by atoms with Gasteiger partial charge in [-0.15, -0.1) is 0 Å². The van der Waals surface area contributed by atoms with Crippen LogP contribution in [0.2, 0.25) is 5.02 Å². The SMILES string of the molecule is CCCOc1ccc(C(N)=O)c(-c2c(Cl)c(F)cc3c2CC(c2ccccc2)(C2CC(C)(O)CN2)O3)c1F. The summed E-state index contributed by atoms with van der Waals surface area (Å²) in [5.74, 6) is -2.50. The summed E-state index contributed by atoms with van der Waals surface area (Å²) in [5.41, 5.74) is 4.43. The molecule has 4 N–H and O–H groups in total. The van der Waals surface area contributed by atoms with Crippen LogP contribution in [0.15, 0.2) is 48.5 Å². The number of primary amides is 1. The summed E-state index contributed by atoms with van der Waals surface area (Å²) < 4.78 is 43.4. The predicted octanol–water partition coefficient (Wildman–Crippen LogP) is 5.12. The lowest BCUT2D eigenvalue weighted by molar-refractivity contribution is 0.0319. The van der Waals surface area contributed by atoms with Crippen molar-refractivity contribution < 1.29 is 28.2 Å². The molecule has 0 spiro atoms. The van der Waals surface area contributed by atoms with Crippen LogP contribution in [-0.2, 0) is 12.0 Å². The number of rotatable bonds is 7. The molecule has 2 aliphatic heterocycles. The standard InChI is InChI=1S/C29H29ClF2N2O4/c1-3-11-37-20-10-9-17(27(33)35)24(26(20)32)23-18-13-29(16-7-5-4-6-8-16,22-14-28(2,36)15-34-22)38-21(18)12-19(31)25(23)30/h4-10,12,22,34,36H,3,11,13-15H2,1-2H3,(H2,33,35). The third kappa shape index (κ3) is 4.40. The molecule has 3 atom stereocenters. The molecule has 9 heteroatoms. The van der Waals surface area contributed by atoms with Crippen LogP contribution in [0.1, 0.15) is 48.2 Å². The molecule has 0 bridgehead atoms. The van der Waals surface area contributed by atoms with Gasteiger partial charge in [0.2, 0.25) is 5.91 Å². The van der Waals surface area contributed by atoms with Crippen LogP contribution in [0.3, 0.4) is 0 Å². The fourth-order valence-electron chi connectivity index (χ4n) is 5.53. The van der Waals surface area contributed by atoms with E-state index in [0.29, 0.717) is 24.9 Å². The summed E-state index contributed by atoms with van der Waals surface area (Å²) in [7, 11) is 0.